The van der Waals surface area contributed by atoms with E-state index < -0.39 is 0 Å². The monoisotopic (exact) mass is 384 g/mol. The van der Waals surface area contributed by atoms with Gasteiger partial charge in [-0.05, 0) is 43.3 Å². The zero-order valence-electron chi connectivity index (χ0n) is 13.6. The number of hydrogen-bond donors (Lipinski definition) is 1. The van der Waals surface area contributed by atoms with Crippen LogP contribution in [-0.2, 0) is 0 Å². The van der Waals surface area contributed by atoms with Crippen molar-refractivity contribution in [2.24, 2.45) is 0 Å². The molecule has 4 aromatic rings. The summed E-state index contributed by atoms with van der Waals surface area (Å²) in [4.78, 5) is 19.6. The van der Waals surface area contributed by atoms with Crippen LogP contribution >= 0.6 is 23.4 Å². The van der Waals surface area contributed by atoms with Crippen LogP contribution in [0.3, 0.4) is 0 Å². The molecule has 0 saturated carbocycles. The quantitative estimate of drug-likeness (QED) is 0.522. The van der Waals surface area contributed by atoms with Gasteiger partial charge in [-0.25, -0.2) is 4.98 Å². The Hall–Kier alpha value is -2.64. The fraction of sp³-hybridized carbons (Fsp3) is 0.111. The summed E-state index contributed by atoms with van der Waals surface area (Å²) in [6.45, 7) is 1.92. The SMILES string of the molecule is C[C@H](Sc1nnc(-c2ccc(Cl)cc2)o1)c1nc2ccccc2c(=O)[nH]1. The molecule has 6 nitrogen and oxygen atoms in total. The summed E-state index contributed by atoms with van der Waals surface area (Å²) >= 11 is 7.22. The third-order valence-electron chi connectivity index (χ3n) is 3.79. The third kappa shape index (κ3) is 3.36. The Bertz CT molecular complexity index is 1120. The van der Waals surface area contributed by atoms with Gasteiger partial charge in [-0.15, -0.1) is 10.2 Å². The van der Waals surface area contributed by atoms with E-state index in [4.69, 9.17) is 16.0 Å². The summed E-state index contributed by atoms with van der Waals surface area (Å²) in [6, 6.07) is 14.4. The highest BCUT2D eigenvalue weighted by Gasteiger charge is 2.17. The van der Waals surface area contributed by atoms with E-state index in [9.17, 15) is 4.79 Å². The lowest BCUT2D eigenvalue weighted by molar-refractivity contribution is 0.465. The van der Waals surface area contributed by atoms with Crippen LogP contribution in [0.2, 0.25) is 5.02 Å². The molecule has 26 heavy (non-hydrogen) atoms. The molecule has 0 saturated heterocycles. The predicted molar refractivity (Wildman–Crippen MR) is 101 cm³/mol. The Balaban J connectivity index is 1.58. The van der Waals surface area contributed by atoms with Gasteiger partial charge in [0.1, 0.15) is 5.82 Å². The van der Waals surface area contributed by atoms with Crippen LogP contribution in [0.1, 0.15) is 18.0 Å². The Morgan fingerprint density at radius 2 is 1.88 bits per heavy atom. The maximum Gasteiger partial charge on any atom is 0.277 e. The lowest BCUT2D eigenvalue weighted by atomic mass is 10.2. The van der Waals surface area contributed by atoms with Gasteiger partial charge in [0.15, 0.2) is 0 Å². The molecule has 2 heterocycles. The van der Waals surface area contributed by atoms with Crippen molar-refractivity contribution in [3.63, 3.8) is 0 Å². The highest BCUT2D eigenvalue weighted by Crippen LogP contribution is 2.33. The van der Waals surface area contributed by atoms with Gasteiger partial charge >= 0.3 is 0 Å². The molecule has 0 aliphatic carbocycles. The van der Waals surface area contributed by atoms with E-state index in [2.05, 4.69) is 20.2 Å². The molecule has 130 valence electrons. The molecule has 0 radical (unpaired) electrons. The second-order valence-corrected chi connectivity index (χ2v) is 7.34. The largest absolute Gasteiger partial charge is 0.411 e. The number of nitrogens with zero attached hydrogens (tertiary/aromatic N) is 3. The molecule has 1 N–H and O–H groups in total. The average Bonchev–Trinajstić information content (AvgIpc) is 3.10. The highest BCUT2D eigenvalue weighted by atomic mass is 35.5. The Morgan fingerprint density at radius 3 is 2.69 bits per heavy atom. The molecule has 2 aromatic heterocycles. The van der Waals surface area contributed by atoms with Gasteiger partial charge in [0.05, 0.1) is 16.2 Å². The molecule has 4 rings (SSSR count). The molecule has 0 aliphatic heterocycles. The van der Waals surface area contributed by atoms with Crippen LogP contribution in [0.25, 0.3) is 22.4 Å². The van der Waals surface area contributed by atoms with Gasteiger partial charge in [0.2, 0.25) is 5.89 Å². The number of para-hydroxylation sites is 1. The minimum Gasteiger partial charge on any atom is -0.411 e. The molecular weight excluding hydrogens is 372 g/mol. The number of aromatic amines is 1. The number of aromatic nitrogens is 4. The summed E-state index contributed by atoms with van der Waals surface area (Å²) in [6.07, 6.45) is 0. The normalized spacial score (nSPS) is 12.4. The number of rotatable bonds is 4. The van der Waals surface area contributed by atoms with Gasteiger partial charge in [-0.1, -0.05) is 35.5 Å². The van der Waals surface area contributed by atoms with E-state index in [1.807, 2.05) is 37.3 Å². The number of fused-ring (bicyclic) bond motifs is 1. The van der Waals surface area contributed by atoms with Crippen molar-refractivity contribution in [1.29, 1.82) is 0 Å². The van der Waals surface area contributed by atoms with Crippen molar-refractivity contribution in [2.45, 2.75) is 17.4 Å². The highest BCUT2D eigenvalue weighted by molar-refractivity contribution is 7.99. The van der Waals surface area contributed by atoms with Crippen LogP contribution in [0.5, 0.6) is 0 Å². The summed E-state index contributed by atoms with van der Waals surface area (Å²) in [5, 5.41) is 9.56. The van der Waals surface area contributed by atoms with E-state index in [0.717, 1.165) is 5.56 Å². The van der Waals surface area contributed by atoms with Gasteiger partial charge < -0.3 is 9.40 Å². The van der Waals surface area contributed by atoms with E-state index in [1.165, 1.54) is 11.8 Å². The first-order chi connectivity index (χ1) is 12.6. The first-order valence-corrected chi connectivity index (χ1v) is 9.11. The van der Waals surface area contributed by atoms with Crippen molar-refractivity contribution in [3.05, 3.63) is 69.7 Å². The molecule has 0 bridgehead atoms. The van der Waals surface area contributed by atoms with Crippen LogP contribution in [0.15, 0.2) is 63.0 Å². The molecule has 0 amide bonds. The van der Waals surface area contributed by atoms with Crippen LogP contribution in [-0.4, -0.2) is 20.2 Å². The van der Waals surface area contributed by atoms with Crippen molar-refractivity contribution in [2.75, 3.05) is 0 Å². The maximum atomic E-state index is 12.2. The number of nitrogens with one attached hydrogen (secondary N) is 1. The maximum absolute atomic E-state index is 12.2. The predicted octanol–water partition coefficient (Wildman–Crippen LogP) is 4.48. The van der Waals surface area contributed by atoms with Crippen molar-refractivity contribution < 1.29 is 4.42 Å². The second-order valence-electron chi connectivity index (χ2n) is 5.61. The Kier molecular flexibility index (Phi) is 4.48. The second kappa shape index (κ2) is 6.93. The van der Waals surface area contributed by atoms with Crippen molar-refractivity contribution in [3.8, 4) is 11.5 Å². The topological polar surface area (TPSA) is 84.7 Å². The Labute approximate surface area is 157 Å². The van der Waals surface area contributed by atoms with Crippen LogP contribution in [0.4, 0.5) is 0 Å². The van der Waals surface area contributed by atoms with Crippen molar-refractivity contribution >= 4 is 34.3 Å². The lowest BCUT2D eigenvalue weighted by Gasteiger charge is -2.08. The molecule has 8 heteroatoms. The van der Waals surface area contributed by atoms with Gasteiger partial charge in [0.25, 0.3) is 10.8 Å². The average molecular weight is 385 g/mol. The number of benzene rings is 2. The van der Waals surface area contributed by atoms with E-state index in [0.29, 0.717) is 32.9 Å². The van der Waals surface area contributed by atoms with E-state index in [1.54, 1.807) is 18.2 Å². The van der Waals surface area contributed by atoms with Crippen molar-refractivity contribution in [1.82, 2.24) is 20.2 Å². The molecule has 0 fully saturated rings. The fourth-order valence-corrected chi connectivity index (χ4v) is 3.34. The molecule has 0 aliphatic rings. The first kappa shape index (κ1) is 16.8. The van der Waals surface area contributed by atoms with E-state index >= 15 is 0 Å². The number of hydrogen-bond acceptors (Lipinski definition) is 6. The fourth-order valence-electron chi connectivity index (χ4n) is 2.47. The molecule has 0 spiro atoms. The van der Waals surface area contributed by atoms with E-state index in [-0.39, 0.29) is 10.8 Å². The van der Waals surface area contributed by atoms with Crippen LogP contribution in [0, 0.1) is 0 Å². The number of H-pyrrole nitrogens is 1. The summed E-state index contributed by atoms with van der Waals surface area (Å²) in [5.41, 5.74) is 1.29. The smallest absolute Gasteiger partial charge is 0.277 e. The molecule has 1 atom stereocenters. The van der Waals surface area contributed by atoms with Gasteiger partial charge in [-0.3, -0.25) is 4.79 Å². The number of halogens is 1. The van der Waals surface area contributed by atoms with Gasteiger partial charge in [-0.2, -0.15) is 0 Å². The standard InChI is InChI=1S/C18H13ClN4O2S/c1-10(15-20-14-5-3-2-4-13(14)16(24)21-15)26-18-23-22-17(25-18)11-6-8-12(19)9-7-11/h2-10H,1H3,(H,20,21,24)/t10-/m0/s1. The summed E-state index contributed by atoms with van der Waals surface area (Å²) in [7, 11) is 0. The molecule has 2 aromatic carbocycles. The lowest BCUT2D eigenvalue weighted by Crippen LogP contribution is -2.12. The number of thioether (sulfide) groups is 1. The zero-order valence-corrected chi connectivity index (χ0v) is 15.2. The first-order valence-electron chi connectivity index (χ1n) is 7.85. The molecular formula is C18H13ClN4O2S. The zero-order chi connectivity index (χ0) is 18.1. The summed E-state index contributed by atoms with van der Waals surface area (Å²) in [5.74, 6) is 0.973. The van der Waals surface area contributed by atoms with Gasteiger partial charge in [0, 0.05) is 10.6 Å². The summed E-state index contributed by atoms with van der Waals surface area (Å²) < 4.78 is 5.70. The minimum absolute atomic E-state index is 0.161. The Morgan fingerprint density at radius 1 is 1.12 bits per heavy atom. The third-order valence-corrected chi connectivity index (χ3v) is 4.99. The molecule has 0 unspecified atom stereocenters. The van der Waals surface area contributed by atoms with Crippen LogP contribution < -0.4 is 5.56 Å². The minimum atomic E-state index is -0.162.